The Morgan fingerprint density at radius 2 is 2.16 bits per heavy atom. The van der Waals surface area contributed by atoms with Crippen molar-refractivity contribution in [1.29, 1.82) is 0 Å². The van der Waals surface area contributed by atoms with Gasteiger partial charge in [0.15, 0.2) is 0 Å². The standard InChI is InChI=1S/C14H14N2O2S/c1-9-4-2-3-5-11(9)13-15-12(8-19-13)14(18)16-6-10(17)7-16/h2-5,8,10,17H,6-7H2,1H3. The van der Waals surface area contributed by atoms with Gasteiger partial charge in [-0.25, -0.2) is 4.98 Å². The van der Waals surface area contributed by atoms with Crippen molar-refractivity contribution < 1.29 is 9.90 Å². The SMILES string of the molecule is Cc1ccccc1-c1nc(C(=O)N2CC(O)C2)cs1. The quantitative estimate of drug-likeness (QED) is 0.910. The molecule has 0 saturated carbocycles. The highest BCUT2D eigenvalue weighted by Crippen LogP contribution is 2.27. The van der Waals surface area contributed by atoms with E-state index in [4.69, 9.17) is 0 Å². The maximum Gasteiger partial charge on any atom is 0.273 e. The predicted octanol–water partition coefficient (Wildman–Crippen LogP) is 1.94. The van der Waals surface area contributed by atoms with Gasteiger partial charge in [-0.2, -0.15) is 0 Å². The molecule has 1 N–H and O–H groups in total. The first-order valence-corrected chi connectivity index (χ1v) is 7.02. The second-order valence-corrected chi connectivity index (χ2v) is 5.57. The first-order chi connectivity index (χ1) is 9.15. The number of likely N-dealkylation sites (tertiary alicyclic amines) is 1. The summed E-state index contributed by atoms with van der Waals surface area (Å²) < 4.78 is 0. The maximum absolute atomic E-state index is 12.1. The molecule has 1 saturated heterocycles. The number of carbonyl (C=O) groups excluding carboxylic acids is 1. The third-order valence-corrected chi connectivity index (χ3v) is 4.12. The number of aliphatic hydroxyl groups excluding tert-OH is 1. The lowest BCUT2D eigenvalue weighted by Gasteiger charge is -2.35. The van der Waals surface area contributed by atoms with Gasteiger partial charge in [0.1, 0.15) is 10.7 Å². The van der Waals surface area contributed by atoms with Gasteiger partial charge in [-0.15, -0.1) is 11.3 Å². The molecule has 1 aromatic heterocycles. The zero-order valence-corrected chi connectivity index (χ0v) is 11.4. The predicted molar refractivity (Wildman–Crippen MR) is 74.2 cm³/mol. The van der Waals surface area contributed by atoms with Gasteiger partial charge < -0.3 is 10.0 Å². The Kier molecular flexibility index (Phi) is 3.08. The molecule has 0 radical (unpaired) electrons. The van der Waals surface area contributed by atoms with Crippen LogP contribution in [0.25, 0.3) is 10.6 Å². The zero-order chi connectivity index (χ0) is 13.4. The van der Waals surface area contributed by atoms with Gasteiger partial charge in [0, 0.05) is 24.0 Å². The third-order valence-electron chi connectivity index (χ3n) is 3.25. The molecule has 0 unspecified atom stereocenters. The van der Waals surface area contributed by atoms with Gasteiger partial charge in [0.05, 0.1) is 6.10 Å². The van der Waals surface area contributed by atoms with Crippen molar-refractivity contribution in [2.24, 2.45) is 0 Å². The number of carbonyl (C=O) groups is 1. The average Bonchev–Trinajstić information content (AvgIpc) is 2.84. The van der Waals surface area contributed by atoms with E-state index in [1.807, 2.05) is 31.2 Å². The Labute approximate surface area is 115 Å². The Morgan fingerprint density at radius 1 is 1.42 bits per heavy atom. The van der Waals surface area contributed by atoms with Crippen molar-refractivity contribution in [1.82, 2.24) is 9.88 Å². The summed E-state index contributed by atoms with van der Waals surface area (Å²) in [5.41, 5.74) is 2.68. The highest BCUT2D eigenvalue weighted by atomic mass is 32.1. The van der Waals surface area contributed by atoms with Crippen LogP contribution in [0.4, 0.5) is 0 Å². The summed E-state index contributed by atoms with van der Waals surface area (Å²) in [6.45, 7) is 2.86. The van der Waals surface area contributed by atoms with Crippen molar-refractivity contribution in [3.8, 4) is 10.6 Å². The number of rotatable bonds is 2. The summed E-state index contributed by atoms with van der Waals surface area (Å²) in [6.07, 6.45) is -0.376. The number of nitrogens with zero attached hydrogens (tertiary/aromatic N) is 2. The minimum atomic E-state index is -0.376. The molecule has 0 aliphatic carbocycles. The van der Waals surface area contributed by atoms with E-state index in [-0.39, 0.29) is 12.0 Å². The average molecular weight is 274 g/mol. The first-order valence-electron chi connectivity index (χ1n) is 6.14. The van der Waals surface area contributed by atoms with E-state index in [2.05, 4.69) is 4.98 Å². The van der Waals surface area contributed by atoms with Crippen LogP contribution in [0.2, 0.25) is 0 Å². The maximum atomic E-state index is 12.1. The van der Waals surface area contributed by atoms with Crippen LogP contribution in [0, 0.1) is 6.92 Å². The topological polar surface area (TPSA) is 53.4 Å². The van der Waals surface area contributed by atoms with E-state index >= 15 is 0 Å². The summed E-state index contributed by atoms with van der Waals surface area (Å²) >= 11 is 1.48. The number of β-amino-alcohol motifs (C(OH)–C–C–N with tert-alkyl or cyclic N) is 1. The normalized spacial score (nSPS) is 15.4. The van der Waals surface area contributed by atoms with Crippen molar-refractivity contribution in [3.05, 3.63) is 40.9 Å². The molecule has 1 aliphatic heterocycles. The summed E-state index contributed by atoms with van der Waals surface area (Å²) in [4.78, 5) is 18.1. The van der Waals surface area contributed by atoms with Crippen LogP contribution in [0.15, 0.2) is 29.6 Å². The minimum Gasteiger partial charge on any atom is -0.389 e. The Morgan fingerprint density at radius 3 is 2.84 bits per heavy atom. The smallest absolute Gasteiger partial charge is 0.273 e. The highest BCUT2D eigenvalue weighted by molar-refractivity contribution is 7.13. The molecule has 0 bridgehead atoms. The van der Waals surface area contributed by atoms with Gasteiger partial charge in [-0.1, -0.05) is 24.3 Å². The lowest BCUT2D eigenvalue weighted by Crippen LogP contribution is -2.53. The van der Waals surface area contributed by atoms with E-state index in [9.17, 15) is 9.90 Å². The molecule has 2 heterocycles. The van der Waals surface area contributed by atoms with Crippen molar-refractivity contribution in [2.45, 2.75) is 13.0 Å². The van der Waals surface area contributed by atoms with Gasteiger partial charge in [-0.05, 0) is 12.5 Å². The number of aliphatic hydroxyl groups is 1. The fourth-order valence-corrected chi connectivity index (χ4v) is 2.98. The number of amides is 1. The van der Waals surface area contributed by atoms with Crippen LogP contribution < -0.4 is 0 Å². The summed E-state index contributed by atoms with van der Waals surface area (Å²) in [6, 6.07) is 8.00. The van der Waals surface area contributed by atoms with E-state index < -0.39 is 0 Å². The lowest BCUT2D eigenvalue weighted by molar-refractivity contribution is 0.00556. The molecule has 0 atom stereocenters. The second kappa shape index (κ2) is 4.75. The largest absolute Gasteiger partial charge is 0.389 e. The molecule has 4 nitrogen and oxygen atoms in total. The molecular formula is C14H14N2O2S. The lowest BCUT2D eigenvalue weighted by atomic mass is 10.1. The van der Waals surface area contributed by atoms with Gasteiger partial charge in [-0.3, -0.25) is 4.79 Å². The molecule has 0 spiro atoms. The number of thiazole rings is 1. The fourth-order valence-electron chi connectivity index (χ4n) is 2.09. The monoisotopic (exact) mass is 274 g/mol. The first kappa shape index (κ1) is 12.3. The van der Waals surface area contributed by atoms with Crippen molar-refractivity contribution >= 4 is 17.2 Å². The van der Waals surface area contributed by atoms with Gasteiger partial charge in [0.25, 0.3) is 5.91 Å². The van der Waals surface area contributed by atoms with Crippen molar-refractivity contribution in [3.63, 3.8) is 0 Å². The Bertz CT molecular complexity index is 617. The molecular weight excluding hydrogens is 260 g/mol. The van der Waals surface area contributed by atoms with Crippen molar-refractivity contribution in [2.75, 3.05) is 13.1 Å². The molecule has 19 heavy (non-hydrogen) atoms. The molecule has 2 aromatic rings. The molecule has 1 aliphatic rings. The fraction of sp³-hybridized carbons (Fsp3) is 0.286. The Balaban J connectivity index is 1.84. The molecule has 1 fully saturated rings. The van der Waals surface area contributed by atoms with Crippen LogP contribution in [-0.2, 0) is 0 Å². The summed E-state index contributed by atoms with van der Waals surface area (Å²) in [7, 11) is 0. The summed E-state index contributed by atoms with van der Waals surface area (Å²) in [5.74, 6) is -0.0959. The molecule has 5 heteroatoms. The number of hydrogen-bond acceptors (Lipinski definition) is 4. The molecule has 98 valence electrons. The van der Waals surface area contributed by atoms with Gasteiger partial charge in [0.2, 0.25) is 0 Å². The van der Waals surface area contributed by atoms with E-state index in [1.54, 1.807) is 10.3 Å². The van der Waals surface area contributed by atoms with Crippen LogP contribution in [0.5, 0.6) is 0 Å². The van der Waals surface area contributed by atoms with E-state index in [0.717, 1.165) is 16.1 Å². The second-order valence-electron chi connectivity index (χ2n) is 4.72. The zero-order valence-electron chi connectivity index (χ0n) is 10.5. The van der Waals surface area contributed by atoms with E-state index in [0.29, 0.717) is 18.8 Å². The number of hydrogen-bond donors (Lipinski definition) is 1. The van der Waals surface area contributed by atoms with Crippen LogP contribution in [0.1, 0.15) is 16.1 Å². The van der Waals surface area contributed by atoms with Crippen LogP contribution >= 0.6 is 11.3 Å². The minimum absolute atomic E-state index is 0.0959. The molecule has 1 amide bonds. The van der Waals surface area contributed by atoms with E-state index in [1.165, 1.54) is 11.3 Å². The molecule has 3 rings (SSSR count). The number of aryl methyl sites for hydroxylation is 1. The van der Waals surface area contributed by atoms with Crippen LogP contribution in [0.3, 0.4) is 0 Å². The Hall–Kier alpha value is -1.72. The summed E-state index contributed by atoms with van der Waals surface area (Å²) in [5, 5.41) is 11.9. The third kappa shape index (κ3) is 2.27. The molecule has 1 aromatic carbocycles. The van der Waals surface area contributed by atoms with Gasteiger partial charge >= 0.3 is 0 Å². The number of benzene rings is 1. The number of aromatic nitrogens is 1. The highest BCUT2D eigenvalue weighted by Gasteiger charge is 2.30. The van der Waals surface area contributed by atoms with Crippen LogP contribution in [-0.4, -0.2) is 40.1 Å².